The van der Waals surface area contributed by atoms with Crippen LogP contribution in [0, 0.1) is 0 Å². The van der Waals surface area contributed by atoms with Gasteiger partial charge < -0.3 is 19.1 Å². The molecular formula is C21H23NO5. The van der Waals surface area contributed by atoms with Gasteiger partial charge in [-0.25, -0.2) is 4.79 Å². The van der Waals surface area contributed by atoms with Gasteiger partial charge in [0.1, 0.15) is 11.5 Å². The number of esters is 1. The summed E-state index contributed by atoms with van der Waals surface area (Å²) in [7, 11) is 1.35. The van der Waals surface area contributed by atoms with Crippen molar-refractivity contribution in [2.24, 2.45) is 0 Å². The number of nitrogens with zero attached hydrogens (tertiary/aromatic N) is 1. The number of anilines is 1. The smallest absolute Gasteiger partial charge is 0.337 e. The summed E-state index contributed by atoms with van der Waals surface area (Å²) in [5, 5.41) is 0. The molecule has 6 nitrogen and oxygen atoms in total. The number of rotatable bonds is 7. The predicted molar refractivity (Wildman–Crippen MR) is 102 cm³/mol. The molecule has 1 heterocycles. The predicted octanol–water partition coefficient (Wildman–Crippen LogP) is 3.23. The summed E-state index contributed by atoms with van der Waals surface area (Å²) in [4.78, 5) is 25.9. The maximum Gasteiger partial charge on any atom is 0.337 e. The van der Waals surface area contributed by atoms with Crippen molar-refractivity contribution < 1.29 is 23.8 Å². The molecular weight excluding hydrogens is 346 g/mol. The molecule has 142 valence electrons. The number of fused-ring (bicyclic) bond motifs is 1. The highest BCUT2D eigenvalue weighted by molar-refractivity contribution is 5.98. The molecule has 0 unspecified atom stereocenters. The highest BCUT2D eigenvalue weighted by Crippen LogP contribution is 2.29. The van der Waals surface area contributed by atoms with Crippen molar-refractivity contribution in [3.8, 4) is 11.5 Å². The Morgan fingerprint density at radius 1 is 1.04 bits per heavy atom. The van der Waals surface area contributed by atoms with Crippen LogP contribution in [0.15, 0.2) is 42.5 Å². The number of hydrogen-bond donors (Lipinski definition) is 0. The van der Waals surface area contributed by atoms with Gasteiger partial charge in [0.15, 0.2) is 6.61 Å². The van der Waals surface area contributed by atoms with Gasteiger partial charge in [-0.1, -0.05) is 6.92 Å². The minimum absolute atomic E-state index is 0.0483. The van der Waals surface area contributed by atoms with Gasteiger partial charge in [-0.15, -0.1) is 0 Å². The number of hydrogen-bond acceptors (Lipinski definition) is 5. The first kappa shape index (κ1) is 18.8. The minimum Gasteiger partial charge on any atom is -0.494 e. The summed E-state index contributed by atoms with van der Waals surface area (Å²) in [5.74, 6) is 0.904. The number of carbonyl (C=O) groups excluding carboxylic acids is 2. The number of carbonyl (C=O) groups is 2. The van der Waals surface area contributed by atoms with E-state index in [0.29, 0.717) is 30.9 Å². The molecule has 1 aliphatic rings. The van der Waals surface area contributed by atoms with Gasteiger partial charge in [0.25, 0.3) is 5.91 Å². The summed E-state index contributed by atoms with van der Waals surface area (Å²) in [5.41, 5.74) is 2.27. The average molecular weight is 369 g/mol. The van der Waals surface area contributed by atoms with E-state index in [1.807, 2.05) is 12.1 Å². The Labute approximate surface area is 158 Å². The number of ether oxygens (including phenoxy) is 3. The quantitative estimate of drug-likeness (QED) is 0.701. The lowest BCUT2D eigenvalue weighted by Crippen LogP contribution is -2.33. The fourth-order valence-corrected chi connectivity index (χ4v) is 2.98. The van der Waals surface area contributed by atoms with Gasteiger partial charge in [0, 0.05) is 12.2 Å². The van der Waals surface area contributed by atoms with E-state index in [0.717, 1.165) is 23.4 Å². The molecule has 0 bridgehead atoms. The summed E-state index contributed by atoms with van der Waals surface area (Å²) >= 11 is 0. The normalized spacial score (nSPS) is 12.4. The van der Waals surface area contributed by atoms with E-state index in [-0.39, 0.29) is 18.5 Å². The third kappa shape index (κ3) is 4.39. The highest BCUT2D eigenvalue weighted by atomic mass is 16.5. The van der Waals surface area contributed by atoms with Gasteiger partial charge in [-0.05, 0) is 60.9 Å². The van der Waals surface area contributed by atoms with Crippen LogP contribution in [0.4, 0.5) is 5.69 Å². The van der Waals surface area contributed by atoms with Gasteiger partial charge in [-0.2, -0.15) is 0 Å². The molecule has 0 N–H and O–H groups in total. The van der Waals surface area contributed by atoms with Crippen LogP contribution < -0.4 is 14.4 Å². The van der Waals surface area contributed by atoms with E-state index in [2.05, 4.69) is 6.92 Å². The van der Waals surface area contributed by atoms with Crippen LogP contribution in [0.5, 0.6) is 11.5 Å². The first-order chi connectivity index (χ1) is 13.1. The second kappa shape index (κ2) is 8.58. The molecule has 3 rings (SSSR count). The zero-order chi connectivity index (χ0) is 19.2. The molecule has 1 amide bonds. The molecule has 0 atom stereocenters. The maximum absolute atomic E-state index is 12.5. The molecule has 0 fully saturated rings. The van der Waals surface area contributed by atoms with E-state index in [9.17, 15) is 9.59 Å². The van der Waals surface area contributed by atoms with Gasteiger partial charge in [-0.3, -0.25) is 4.79 Å². The minimum atomic E-state index is -0.378. The summed E-state index contributed by atoms with van der Waals surface area (Å²) < 4.78 is 15.9. The van der Waals surface area contributed by atoms with Crippen molar-refractivity contribution in [3.63, 3.8) is 0 Å². The lowest BCUT2D eigenvalue weighted by molar-refractivity contribution is -0.120. The average Bonchev–Trinajstić information content (AvgIpc) is 3.14. The number of benzene rings is 2. The lowest BCUT2D eigenvalue weighted by atomic mass is 10.1. The fraction of sp³-hybridized carbons (Fsp3) is 0.333. The number of amides is 1. The van der Waals surface area contributed by atoms with Crippen molar-refractivity contribution in [2.45, 2.75) is 19.8 Å². The molecule has 6 heteroatoms. The van der Waals surface area contributed by atoms with Gasteiger partial charge >= 0.3 is 5.97 Å². The Balaban J connectivity index is 1.59. The lowest BCUT2D eigenvalue weighted by Gasteiger charge is -2.18. The van der Waals surface area contributed by atoms with Crippen molar-refractivity contribution in [1.29, 1.82) is 0 Å². The van der Waals surface area contributed by atoms with Crippen molar-refractivity contribution >= 4 is 17.6 Å². The molecule has 1 aliphatic heterocycles. The zero-order valence-electron chi connectivity index (χ0n) is 15.6. The SMILES string of the molecule is CCCOc1ccc(OCC(=O)N2CCc3cc(C(=O)OC)ccc32)cc1. The van der Waals surface area contributed by atoms with E-state index < -0.39 is 0 Å². The Bertz CT molecular complexity index is 816. The van der Waals surface area contributed by atoms with Crippen LogP contribution in [0.3, 0.4) is 0 Å². The maximum atomic E-state index is 12.5. The standard InChI is InChI=1S/C21H23NO5/c1-3-12-26-17-5-7-18(8-6-17)27-14-20(23)22-11-10-15-13-16(21(24)25-2)4-9-19(15)22/h4-9,13H,3,10-12,14H2,1-2H3. The molecule has 2 aromatic rings. The van der Waals surface area contributed by atoms with Crippen LogP contribution in [0.1, 0.15) is 29.3 Å². The van der Waals surface area contributed by atoms with Crippen molar-refractivity contribution in [1.82, 2.24) is 0 Å². The largest absolute Gasteiger partial charge is 0.494 e. The topological polar surface area (TPSA) is 65.1 Å². The van der Waals surface area contributed by atoms with Crippen LogP contribution in [-0.4, -0.2) is 38.7 Å². The Hall–Kier alpha value is -3.02. The first-order valence-corrected chi connectivity index (χ1v) is 8.99. The summed E-state index contributed by atoms with van der Waals surface area (Å²) in [6.07, 6.45) is 1.65. The van der Waals surface area contributed by atoms with Crippen molar-refractivity contribution in [2.75, 3.05) is 31.8 Å². The van der Waals surface area contributed by atoms with Crippen LogP contribution in [0.2, 0.25) is 0 Å². The third-order valence-corrected chi connectivity index (χ3v) is 4.36. The molecule has 0 aliphatic carbocycles. The number of methoxy groups -OCH3 is 1. The fourth-order valence-electron chi connectivity index (χ4n) is 2.98. The Kier molecular flexibility index (Phi) is 5.96. The molecule has 0 aromatic heterocycles. The van der Waals surface area contributed by atoms with Gasteiger partial charge in [0.2, 0.25) is 0 Å². The summed E-state index contributed by atoms with van der Waals surface area (Å²) in [6.45, 7) is 3.25. The van der Waals surface area contributed by atoms with E-state index in [1.165, 1.54) is 7.11 Å². The molecule has 0 radical (unpaired) electrons. The summed E-state index contributed by atoms with van der Waals surface area (Å²) in [6, 6.07) is 12.5. The second-order valence-electron chi connectivity index (χ2n) is 6.24. The molecule has 2 aromatic carbocycles. The molecule has 0 saturated heterocycles. The second-order valence-corrected chi connectivity index (χ2v) is 6.24. The molecule has 0 saturated carbocycles. The Morgan fingerprint density at radius 3 is 2.41 bits per heavy atom. The Morgan fingerprint density at radius 2 is 1.74 bits per heavy atom. The first-order valence-electron chi connectivity index (χ1n) is 8.99. The van der Waals surface area contributed by atoms with E-state index in [4.69, 9.17) is 14.2 Å². The van der Waals surface area contributed by atoms with Crippen LogP contribution in [-0.2, 0) is 16.0 Å². The van der Waals surface area contributed by atoms with E-state index >= 15 is 0 Å². The monoisotopic (exact) mass is 369 g/mol. The molecule has 0 spiro atoms. The van der Waals surface area contributed by atoms with Crippen LogP contribution >= 0.6 is 0 Å². The van der Waals surface area contributed by atoms with Crippen LogP contribution in [0.25, 0.3) is 0 Å². The van der Waals surface area contributed by atoms with Crippen molar-refractivity contribution in [3.05, 3.63) is 53.6 Å². The third-order valence-electron chi connectivity index (χ3n) is 4.36. The molecule has 27 heavy (non-hydrogen) atoms. The highest BCUT2D eigenvalue weighted by Gasteiger charge is 2.25. The van der Waals surface area contributed by atoms with E-state index in [1.54, 1.807) is 35.2 Å². The van der Waals surface area contributed by atoms with Gasteiger partial charge in [0.05, 0.1) is 19.3 Å². The zero-order valence-corrected chi connectivity index (χ0v) is 15.6.